The van der Waals surface area contributed by atoms with Gasteiger partial charge in [0.25, 0.3) is 0 Å². The van der Waals surface area contributed by atoms with E-state index in [1.807, 2.05) is 18.2 Å². The van der Waals surface area contributed by atoms with Crippen LogP contribution in [0.25, 0.3) is 0 Å². The van der Waals surface area contributed by atoms with E-state index in [4.69, 9.17) is 9.15 Å². The van der Waals surface area contributed by atoms with E-state index >= 15 is 0 Å². The molecule has 0 unspecified atom stereocenters. The molecule has 0 aliphatic heterocycles. The van der Waals surface area contributed by atoms with Crippen molar-refractivity contribution in [2.24, 2.45) is 4.99 Å². The van der Waals surface area contributed by atoms with Gasteiger partial charge in [-0.25, -0.2) is 4.99 Å². The van der Waals surface area contributed by atoms with E-state index in [1.165, 1.54) is 0 Å². The fourth-order valence-corrected chi connectivity index (χ4v) is 2.37. The van der Waals surface area contributed by atoms with Gasteiger partial charge in [0, 0.05) is 19.5 Å². The highest BCUT2D eigenvalue weighted by Crippen LogP contribution is 2.16. The highest BCUT2D eigenvalue weighted by atomic mass is 19.4. The molecule has 8 heteroatoms. The van der Waals surface area contributed by atoms with Crippen LogP contribution in [-0.2, 0) is 24.3 Å². The van der Waals surface area contributed by atoms with Crippen molar-refractivity contribution in [2.45, 2.75) is 25.7 Å². The number of ether oxygens (including phenoxy) is 1. The van der Waals surface area contributed by atoms with E-state index in [0.29, 0.717) is 37.6 Å². The van der Waals surface area contributed by atoms with Crippen LogP contribution in [0.2, 0.25) is 0 Å². The van der Waals surface area contributed by atoms with Crippen LogP contribution in [0.15, 0.2) is 64.7 Å². The zero-order valence-corrected chi connectivity index (χ0v) is 15.5. The van der Waals surface area contributed by atoms with Crippen LogP contribution in [-0.4, -0.2) is 31.8 Å². The van der Waals surface area contributed by atoms with Gasteiger partial charge in [0.15, 0.2) is 5.96 Å². The first-order valence-electron chi connectivity index (χ1n) is 8.84. The minimum Gasteiger partial charge on any atom is -0.469 e. The van der Waals surface area contributed by atoms with Gasteiger partial charge >= 0.3 is 6.18 Å². The second kappa shape index (κ2) is 11.2. The van der Waals surface area contributed by atoms with Crippen LogP contribution in [0.1, 0.15) is 16.9 Å². The molecule has 0 spiro atoms. The number of hydrogen-bond acceptors (Lipinski definition) is 3. The van der Waals surface area contributed by atoms with Crippen LogP contribution in [0.4, 0.5) is 13.2 Å². The van der Waals surface area contributed by atoms with E-state index in [-0.39, 0.29) is 6.61 Å². The monoisotopic (exact) mass is 395 g/mol. The number of aliphatic imine (C=N–C) groups is 1. The average Bonchev–Trinajstić information content (AvgIpc) is 3.16. The minimum atomic E-state index is -4.32. The maximum atomic E-state index is 12.2. The van der Waals surface area contributed by atoms with Gasteiger partial charge in [-0.1, -0.05) is 30.3 Å². The van der Waals surface area contributed by atoms with E-state index in [0.717, 1.165) is 11.3 Å². The number of nitrogens with one attached hydrogen (secondary N) is 2. The van der Waals surface area contributed by atoms with Gasteiger partial charge < -0.3 is 19.8 Å². The Bertz CT molecular complexity index is 743. The third kappa shape index (κ3) is 8.77. The van der Waals surface area contributed by atoms with Gasteiger partial charge in [-0.05, 0) is 23.3 Å². The van der Waals surface area contributed by atoms with Crippen molar-refractivity contribution < 1.29 is 22.3 Å². The van der Waals surface area contributed by atoms with E-state index in [1.54, 1.807) is 30.5 Å². The molecule has 28 heavy (non-hydrogen) atoms. The summed E-state index contributed by atoms with van der Waals surface area (Å²) in [7, 11) is 0. The fraction of sp³-hybridized carbons (Fsp3) is 0.350. The highest BCUT2D eigenvalue weighted by Gasteiger charge is 2.27. The van der Waals surface area contributed by atoms with Crippen molar-refractivity contribution in [3.8, 4) is 0 Å². The van der Waals surface area contributed by atoms with Gasteiger partial charge in [-0.15, -0.1) is 6.58 Å². The number of halogens is 3. The third-order valence-corrected chi connectivity index (χ3v) is 3.60. The molecule has 0 radical (unpaired) electrons. The lowest BCUT2D eigenvalue weighted by Gasteiger charge is -2.11. The summed E-state index contributed by atoms with van der Waals surface area (Å²) in [4.78, 5) is 4.51. The smallest absolute Gasteiger partial charge is 0.411 e. The SMILES string of the molecule is C=CCNC(=NCc1cccc(COCC(F)(F)F)c1)NCCc1ccco1. The number of hydrogen-bond donors (Lipinski definition) is 2. The number of rotatable bonds is 10. The zero-order valence-electron chi connectivity index (χ0n) is 15.5. The van der Waals surface area contributed by atoms with Crippen molar-refractivity contribution in [2.75, 3.05) is 19.7 Å². The Balaban J connectivity index is 1.88. The predicted molar refractivity (Wildman–Crippen MR) is 102 cm³/mol. The summed E-state index contributed by atoms with van der Waals surface area (Å²) >= 11 is 0. The van der Waals surface area contributed by atoms with Crippen LogP contribution in [0, 0.1) is 0 Å². The molecule has 0 bridgehead atoms. The predicted octanol–water partition coefficient (Wildman–Crippen LogP) is 3.82. The molecule has 2 aromatic rings. The first kappa shape index (κ1) is 21.6. The maximum Gasteiger partial charge on any atom is 0.411 e. The van der Waals surface area contributed by atoms with Crippen LogP contribution < -0.4 is 10.6 Å². The Morgan fingerprint density at radius 3 is 2.71 bits per heavy atom. The second-order valence-corrected chi connectivity index (χ2v) is 6.02. The molecule has 0 saturated heterocycles. The maximum absolute atomic E-state index is 12.2. The van der Waals surface area contributed by atoms with Crippen molar-refractivity contribution in [1.82, 2.24) is 10.6 Å². The summed E-state index contributed by atoms with van der Waals surface area (Å²) in [5, 5.41) is 6.34. The topological polar surface area (TPSA) is 58.8 Å². The summed E-state index contributed by atoms with van der Waals surface area (Å²) < 4.78 is 46.5. The standard InChI is InChI=1S/C20H24F3N3O2/c1-2-9-24-19(25-10-8-18-7-4-11-28-18)26-13-16-5-3-6-17(12-16)14-27-15-20(21,22)23/h2-7,11-12H,1,8-10,13-15H2,(H2,24,25,26). The molecular weight excluding hydrogens is 371 g/mol. The lowest BCUT2D eigenvalue weighted by molar-refractivity contribution is -0.176. The normalized spacial score (nSPS) is 12.0. The average molecular weight is 395 g/mol. The van der Waals surface area contributed by atoms with Crippen molar-refractivity contribution in [1.29, 1.82) is 0 Å². The van der Waals surface area contributed by atoms with Gasteiger partial charge in [0.05, 0.1) is 19.4 Å². The fourth-order valence-electron chi connectivity index (χ4n) is 2.37. The summed E-state index contributed by atoms with van der Waals surface area (Å²) in [6.07, 6.45) is -0.253. The zero-order chi connectivity index (χ0) is 20.2. The van der Waals surface area contributed by atoms with Gasteiger partial charge in [0.2, 0.25) is 0 Å². The number of alkyl halides is 3. The second-order valence-electron chi connectivity index (χ2n) is 6.02. The molecule has 0 atom stereocenters. The highest BCUT2D eigenvalue weighted by molar-refractivity contribution is 5.79. The number of furan rings is 1. The van der Waals surface area contributed by atoms with E-state index < -0.39 is 12.8 Å². The Kier molecular flexibility index (Phi) is 8.61. The molecule has 0 saturated carbocycles. The largest absolute Gasteiger partial charge is 0.469 e. The Hall–Kier alpha value is -2.74. The molecule has 0 aliphatic rings. The Morgan fingerprint density at radius 1 is 1.18 bits per heavy atom. The first-order valence-corrected chi connectivity index (χ1v) is 8.84. The van der Waals surface area contributed by atoms with E-state index in [9.17, 15) is 13.2 Å². The van der Waals surface area contributed by atoms with Crippen LogP contribution in [0.3, 0.4) is 0 Å². The lowest BCUT2D eigenvalue weighted by atomic mass is 10.1. The molecule has 0 aliphatic carbocycles. The summed E-state index contributed by atoms with van der Waals surface area (Å²) in [5.41, 5.74) is 1.54. The molecule has 1 heterocycles. The Morgan fingerprint density at radius 2 is 2.00 bits per heavy atom. The summed E-state index contributed by atoms with van der Waals surface area (Å²) in [6.45, 7) is 3.89. The number of guanidine groups is 1. The molecule has 152 valence electrons. The number of benzene rings is 1. The molecule has 1 aromatic heterocycles. The van der Waals surface area contributed by atoms with E-state index in [2.05, 4.69) is 22.2 Å². The van der Waals surface area contributed by atoms with Gasteiger partial charge in [-0.3, -0.25) is 0 Å². The van der Waals surface area contributed by atoms with Crippen molar-refractivity contribution >= 4 is 5.96 Å². The molecule has 2 N–H and O–H groups in total. The molecule has 0 fully saturated rings. The molecule has 5 nitrogen and oxygen atoms in total. The van der Waals surface area contributed by atoms with Crippen LogP contribution in [0.5, 0.6) is 0 Å². The Labute approximate surface area is 162 Å². The van der Waals surface area contributed by atoms with Crippen molar-refractivity contribution in [3.05, 3.63) is 72.2 Å². The molecular formula is C20H24F3N3O2. The lowest BCUT2D eigenvalue weighted by Crippen LogP contribution is -2.38. The molecule has 2 rings (SSSR count). The first-order chi connectivity index (χ1) is 13.5. The van der Waals surface area contributed by atoms with Crippen LogP contribution >= 0.6 is 0 Å². The summed E-state index contributed by atoms with van der Waals surface area (Å²) in [6, 6.07) is 10.9. The van der Waals surface area contributed by atoms with Gasteiger partial charge in [0.1, 0.15) is 12.4 Å². The van der Waals surface area contributed by atoms with Gasteiger partial charge in [-0.2, -0.15) is 13.2 Å². The summed E-state index contributed by atoms with van der Waals surface area (Å²) in [5.74, 6) is 1.49. The third-order valence-electron chi connectivity index (χ3n) is 3.60. The van der Waals surface area contributed by atoms with Crippen molar-refractivity contribution in [3.63, 3.8) is 0 Å². The molecule has 1 aromatic carbocycles. The number of nitrogens with zero attached hydrogens (tertiary/aromatic N) is 1. The molecule has 0 amide bonds. The quantitative estimate of drug-likeness (QED) is 0.365. The minimum absolute atomic E-state index is 0.0972.